The Morgan fingerprint density at radius 1 is 1.23 bits per heavy atom. The topological polar surface area (TPSA) is 66.9 Å². The molecule has 0 bridgehead atoms. The van der Waals surface area contributed by atoms with Crippen LogP contribution in [0, 0.1) is 0 Å². The van der Waals surface area contributed by atoms with Crippen LogP contribution in [0.25, 0.3) is 0 Å². The fourth-order valence-electron chi connectivity index (χ4n) is 3.89. The van der Waals surface area contributed by atoms with Gasteiger partial charge in [0.15, 0.2) is 0 Å². The number of hydrogen-bond donors (Lipinski definition) is 0. The molecule has 0 spiro atoms. The fourth-order valence-corrected chi connectivity index (χ4v) is 4.97. The lowest BCUT2D eigenvalue weighted by Gasteiger charge is -2.25. The molecule has 1 aromatic heterocycles. The summed E-state index contributed by atoms with van der Waals surface area (Å²) in [5, 5.41) is 2.00. The number of imide groups is 1. The van der Waals surface area contributed by atoms with Gasteiger partial charge in [-0.25, -0.2) is 0 Å². The van der Waals surface area contributed by atoms with Crippen LogP contribution in [0.4, 0.5) is 0 Å². The van der Waals surface area contributed by atoms with E-state index >= 15 is 0 Å². The van der Waals surface area contributed by atoms with Crippen LogP contribution >= 0.6 is 27.3 Å². The third kappa shape index (κ3) is 4.66. The maximum absolute atomic E-state index is 12.9. The number of thiophene rings is 1. The summed E-state index contributed by atoms with van der Waals surface area (Å²) >= 11 is 4.97. The normalized spacial score (nSPS) is 18.2. The molecule has 1 unspecified atom stereocenters. The van der Waals surface area contributed by atoms with Crippen LogP contribution in [0.2, 0.25) is 0 Å². The predicted molar refractivity (Wildman–Crippen MR) is 117 cm³/mol. The summed E-state index contributed by atoms with van der Waals surface area (Å²) in [5.41, 5.74) is 0.839. The molecule has 0 N–H and O–H groups in total. The molecule has 1 atom stereocenters. The number of nitrogens with zero attached hydrogens (tertiary/aromatic N) is 2. The SMILES string of the molecule is O=C(CCCN1C(=O)c2ccc(Br)cc2C1=O)N(Cc1cccs1)CC1CCCO1. The highest BCUT2D eigenvalue weighted by molar-refractivity contribution is 9.10. The molecule has 1 fully saturated rings. The molecule has 3 heterocycles. The number of hydrogen-bond acceptors (Lipinski definition) is 5. The summed E-state index contributed by atoms with van der Waals surface area (Å²) < 4.78 is 6.48. The van der Waals surface area contributed by atoms with Gasteiger partial charge in [0.25, 0.3) is 11.8 Å². The third-order valence-electron chi connectivity index (χ3n) is 5.43. The first-order valence-electron chi connectivity index (χ1n) is 10.1. The molecule has 3 amide bonds. The van der Waals surface area contributed by atoms with E-state index in [0.717, 1.165) is 28.8 Å². The van der Waals surface area contributed by atoms with Gasteiger partial charge in [-0.1, -0.05) is 22.0 Å². The zero-order valence-corrected chi connectivity index (χ0v) is 18.9. The van der Waals surface area contributed by atoms with E-state index in [-0.39, 0.29) is 36.8 Å². The van der Waals surface area contributed by atoms with Gasteiger partial charge >= 0.3 is 0 Å². The summed E-state index contributed by atoms with van der Waals surface area (Å²) in [5.74, 6) is -0.554. The van der Waals surface area contributed by atoms with E-state index in [0.29, 0.717) is 30.6 Å². The van der Waals surface area contributed by atoms with Crippen LogP contribution < -0.4 is 0 Å². The Labute approximate surface area is 187 Å². The van der Waals surface area contributed by atoms with Crippen LogP contribution in [0.5, 0.6) is 0 Å². The molecule has 1 saturated heterocycles. The van der Waals surface area contributed by atoms with Gasteiger partial charge in [0.2, 0.25) is 5.91 Å². The molecule has 158 valence electrons. The summed E-state index contributed by atoms with van der Waals surface area (Å²) in [6.45, 7) is 2.14. The first-order valence-corrected chi connectivity index (χ1v) is 11.8. The molecule has 2 aliphatic heterocycles. The summed E-state index contributed by atoms with van der Waals surface area (Å²) in [4.78, 5) is 42.3. The molecule has 1 aromatic carbocycles. The van der Waals surface area contributed by atoms with Crippen molar-refractivity contribution in [3.05, 3.63) is 56.2 Å². The molecule has 8 heteroatoms. The van der Waals surface area contributed by atoms with Crippen molar-refractivity contribution in [1.29, 1.82) is 0 Å². The van der Waals surface area contributed by atoms with E-state index in [4.69, 9.17) is 4.74 Å². The monoisotopic (exact) mass is 490 g/mol. The predicted octanol–water partition coefficient (Wildman–Crippen LogP) is 4.09. The average molecular weight is 491 g/mol. The Kier molecular flexibility index (Phi) is 6.65. The zero-order chi connectivity index (χ0) is 21.1. The molecule has 0 saturated carbocycles. The molecular weight excluding hydrogens is 468 g/mol. The lowest BCUT2D eigenvalue weighted by Crippen LogP contribution is -2.37. The van der Waals surface area contributed by atoms with Gasteiger partial charge in [-0.05, 0) is 48.9 Å². The third-order valence-corrected chi connectivity index (χ3v) is 6.79. The van der Waals surface area contributed by atoms with E-state index in [2.05, 4.69) is 15.9 Å². The Balaban J connectivity index is 1.35. The maximum Gasteiger partial charge on any atom is 0.261 e. The number of ether oxygens (including phenoxy) is 1. The van der Waals surface area contributed by atoms with E-state index in [1.165, 1.54) is 4.90 Å². The van der Waals surface area contributed by atoms with Crippen molar-refractivity contribution in [3.63, 3.8) is 0 Å². The molecule has 2 aromatic rings. The van der Waals surface area contributed by atoms with E-state index in [1.54, 1.807) is 29.5 Å². The fraction of sp³-hybridized carbons (Fsp3) is 0.409. The first-order chi connectivity index (χ1) is 14.5. The van der Waals surface area contributed by atoms with Gasteiger partial charge in [0, 0.05) is 35.5 Å². The summed E-state index contributed by atoms with van der Waals surface area (Å²) in [7, 11) is 0. The van der Waals surface area contributed by atoms with Crippen molar-refractivity contribution in [2.45, 2.75) is 38.3 Å². The smallest absolute Gasteiger partial charge is 0.261 e. The number of carbonyl (C=O) groups excluding carboxylic acids is 3. The largest absolute Gasteiger partial charge is 0.376 e. The highest BCUT2D eigenvalue weighted by Crippen LogP contribution is 2.26. The number of halogens is 1. The minimum atomic E-state index is -0.293. The van der Waals surface area contributed by atoms with E-state index in [1.807, 2.05) is 22.4 Å². The maximum atomic E-state index is 12.9. The first kappa shape index (κ1) is 21.2. The number of benzene rings is 1. The molecule has 6 nitrogen and oxygen atoms in total. The number of fused-ring (bicyclic) bond motifs is 1. The molecule has 2 aliphatic rings. The van der Waals surface area contributed by atoms with Crippen molar-refractivity contribution in [3.8, 4) is 0 Å². The van der Waals surface area contributed by atoms with Crippen molar-refractivity contribution in [2.24, 2.45) is 0 Å². The lowest BCUT2D eigenvalue weighted by atomic mass is 10.1. The van der Waals surface area contributed by atoms with Gasteiger partial charge in [0.05, 0.1) is 23.8 Å². The van der Waals surface area contributed by atoms with Gasteiger partial charge < -0.3 is 9.64 Å². The quantitative estimate of drug-likeness (QED) is 0.522. The number of carbonyl (C=O) groups is 3. The Bertz CT molecular complexity index is 941. The van der Waals surface area contributed by atoms with Crippen LogP contribution in [0.15, 0.2) is 40.2 Å². The zero-order valence-electron chi connectivity index (χ0n) is 16.5. The minimum absolute atomic E-state index is 0.0262. The lowest BCUT2D eigenvalue weighted by molar-refractivity contribution is -0.133. The van der Waals surface area contributed by atoms with Crippen molar-refractivity contribution in [2.75, 3.05) is 19.7 Å². The van der Waals surface area contributed by atoms with Gasteiger partial charge in [-0.2, -0.15) is 0 Å². The highest BCUT2D eigenvalue weighted by Gasteiger charge is 2.35. The van der Waals surface area contributed by atoms with Gasteiger partial charge in [0.1, 0.15) is 0 Å². The van der Waals surface area contributed by atoms with Crippen molar-refractivity contribution >= 4 is 45.0 Å². The Hall–Kier alpha value is -2.03. The van der Waals surface area contributed by atoms with Crippen LogP contribution in [-0.2, 0) is 16.1 Å². The number of amides is 3. The average Bonchev–Trinajstić information content (AvgIpc) is 3.47. The standard InChI is InChI=1S/C22H23BrN2O4S/c23-15-7-8-18-19(12-15)22(28)25(21(18)27)9-1-6-20(26)24(13-16-4-2-10-29-16)14-17-5-3-11-30-17/h3,5,7-8,11-12,16H,1-2,4,6,9-10,13-14H2. The number of rotatable bonds is 8. The highest BCUT2D eigenvalue weighted by atomic mass is 79.9. The second-order valence-corrected chi connectivity index (χ2v) is 9.49. The van der Waals surface area contributed by atoms with Crippen LogP contribution in [0.1, 0.15) is 51.3 Å². The molecular formula is C22H23BrN2O4S. The van der Waals surface area contributed by atoms with Crippen molar-refractivity contribution in [1.82, 2.24) is 9.80 Å². The second kappa shape index (κ2) is 9.41. The summed E-state index contributed by atoms with van der Waals surface area (Å²) in [6.07, 6.45) is 2.82. The molecule has 4 rings (SSSR count). The molecule has 30 heavy (non-hydrogen) atoms. The van der Waals surface area contributed by atoms with Crippen LogP contribution in [0.3, 0.4) is 0 Å². The van der Waals surface area contributed by atoms with Gasteiger partial charge in [-0.3, -0.25) is 19.3 Å². The minimum Gasteiger partial charge on any atom is -0.376 e. The Morgan fingerprint density at radius 3 is 2.80 bits per heavy atom. The van der Waals surface area contributed by atoms with E-state index in [9.17, 15) is 14.4 Å². The molecule has 0 radical (unpaired) electrons. The van der Waals surface area contributed by atoms with E-state index < -0.39 is 0 Å². The molecule has 0 aliphatic carbocycles. The summed E-state index contributed by atoms with van der Waals surface area (Å²) in [6, 6.07) is 9.09. The van der Waals surface area contributed by atoms with Crippen molar-refractivity contribution < 1.29 is 19.1 Å². The second-order valence-electron chi connectivity index (χ2n) is 7.54. The Morgan fingerprint density at radius 2 is 2.07 bits per heavy atom. The van der Waals surface area contributed by atoms with Crippen LogP contribution in [-0.4, -0.2) is 53.3 Å². The van der Waals surface area contributed by atoms with Gasteiger partial charge in [-0.15, -0.1) is 11.3 Å².